The SMILES string of the molecule is C=C(C)C1=CN2C(=CC1=C)c1cc(C)c(CCC)cc1CC2C(C)(C)C. The van der Waals surface area contributed by atoms with Crippen LogP contribution in [0.5, 0.6) is 0 Å². The maximum atomic E-state index is 4.31. The first-order valence-electron chi connectivity index (χ1n) is 9.83. The van der Waals surface area contributed by atoms with Gasteiger partial charge in [-0.05, 0) is 77.7 Å². The van der Waals surface area contributed by atoms with E-state index in [9.17, 15) is 0 Å². The van der Waals surface area contributed by atoms with Crippen molar-refractivity contribution >= 4 is 5.70 Å². The summed E-state index contributed by atoms with van der Waals surface area (Å²) in [4.78, 5) is 2.49. The van der Waals surface area contributed by atoms with Crippen LogP contribution in [0.25, 0.3) is 5.70 Å². The number of benzene rings is 1. The average molecular weight is 348 g/mol. The maximum absolute atomic E-state index is 4.31. The number of rotatable bonds is 3. The second-order valence-corrected chi connectivity index (χ2v) is 9.06. The Morgan fingerprint density at radius 3 is 2.54 bits per heavy atom. The van der Waals surface area contributed by atoms with Gasteiger partial charge >= 0.3 is 0 Å². The van der Waals surface area contributed by atoms with Crippen molar-refractivity contribution < 1.29 is 0 Å². The predicted molar refractivity (Wildman–Crippen MR) is 114 cm³/mol. The highest BCUT2D eigenvalue weighted by atomic mass is 15.2. The molecule has 2 heterocycles. The predicted octanol–water partition coefficient (Wildman–Crippen LogP) is 6.59. The molecular weight excluding hydrogens is 314 g/mol. The van der Waals surface area contributed by atoms with Crippen LogP contribution < -0.4 is 0 Å². The van der Waals surface area contributed by atoms with E-state index in [1.54, 1.807) is 0 Å². The van der Waals surface area contributed by atoms with Crippen LogP contribution in [0.2, 0.25) is 0 Å². The van der Waals surface area contributed by atoms with Crippen molar-refractivity contribution in [2.45, 2.75) is 66.8 Å². The summed E-state index contributed by atoms with van der Waals surface area (Å²) in [6.07, 6.45) is 7.99. The summed E-state index contributed by atoms with van der Waals surface area (Å²) >= 11 is 0. The van der Waals surface area contributed by atoms with Crippen LogP contribution in [0.15, 0.2) is 54.3 Å². The molecule has 1 unspecified atom stereocenters. The minimum atomic E-state index is 0.182. The molecule has 1 atom stereocenters. The normalized spacial score (nSPS) is 19.5. The van der Waals surface area contributed by atoms with Gasteiger partial charge in [0.2, 0.25) is 0 Å². The Balaban J connectivity index is 2.18. The van der Waals surface area contributed by atoms with Crippen LogP contribution in [0.4, 0.5) is 0 Å². The van der Waals surface area contributed by atoms with E-state index in [0.717, 1.165) is 24.0 Å². The summed E-state index contributed by atoms with van der Waals surface area (Å²) < 4.78 is 0. The molecule has 0 amide bonds. The van der Waals surface area contributed by atoms with Crippen LogP contribution in [0.3, 0.4) is 0 Å². The van der Waals surface area contributed by atoms with E-state index in [4.69, 9.17) is 0 Å². The zero-order valence-electron chi connectivity index (χ0n) is 17.4. The first-order valence-corrected chi connectivity index (χ1v) is 9.83. The Bertz CT molecular complexity index is 826. The van der Waals surface area contributed by atoms with Gasteiger partial charge in [-0.25, -0.2) is 0 Å². The lowest BCUT2D eigenvalue weighted by Crippen LogP contribution is -2.45. The number of allylic oxidation sites excluding steroid dienone is 4. The van der Waals surface area contributed by atoms with Crippen molar-refractivity contribution in [3.63, 3.8) is 0 Å². The molecule has 138 valence electrons. The zero-order chi connectivity index (χ0) is 19.2. The summed E-state index contributed by atoms with van der Waals surface area (Å²) in [5.74, 6) is 0. The van der Waals surface area contributed by atoms with E-state index in [1.165, 1.54) is 39.9 Å². The molecule has 0 N–H and O–H groups in total. The largest absolute Gasteiger partial charge is 0.343 e. The summed E-state index contributed by atoms with van der Waals surface area (Å²) in [5.41, 5.74) is 10.6. The van der Waals surface area contributed by atoms with Crippen molar-refractivity contribution in [3.8, 4) is 0 Å². The minimum Gasteiger partial charge on any atom is -0.343 e. The first kappa shape index (κ1) is 18.8. The van der Waals surface area contributed by atoms with Gasteiger partial charge in [0, 0.05) is 23.5 Å². The topological polar surface area (TPSA) is 3.24 Å². The van der Waals surface area contributed by atoms with Gasteiger partial charge in [-0.2, -0.15) is 0 Å². The Morgan fingerprint density at radius 1 is 1.27 bits per heavy atom. The van der Waals surface area contributed by atoms with Gasteiger partial charge in [0.15, 0.2) is 0 Å². The third-order valence-corrected chi connectivity index (χ3v) is 5.77. The van der Waals surface area contributed by atoms with Crippen LogP contribution in [-0.4, -0.2) is 10.9 Å². The monoisotopic (exact) mass is 347 g/mol. The molecule has 0 saturated heterocycles. The average Bonchev–Trinajstić information content (AvgIpc) is 2.53. The van der Waals surface area contributed by atoms with Crippen molar-refractivity contribution in [2.24, 2.45) is 5.41 Å². The Hall–Kier alpha value is -2.02. The molecule has 0 bridgehead atoms. The van der Waals surface area contributed by atoms with Gasteiger partial charge in [0.25, 0.3) is 0 Å². The molecule has 1 aromatic rings. The second kappa shape index (κ2) is 6.61. The second-order valence-electron chi connectivity index (χ2n) is 9.06. The van der Waals surface area contributed by atoms with Crippen molar-refractivity contribution in [2.75, 3.05) is 0 Å². The number of nitrogens with zero attached hydrogens (tertiary/aromatic N) is 1. The lowest BCUT2D eigenvalue weighted by atomic mass is 9.75. The molecule has 0 aromatic heterocycles. The highest BCUT2D eigenvalue weighted by Crippen LogP contribution is 2.44. The van der Waals surface area contributed by atoms with Gasteiger partial charge in [0.05, 0.1) is 0 Å². The molecule has 0 radical (unpaired) electrons. The fourth-order valence-corrected chi connectivity index (χ4v) is 4.25. The molecule has 2 aliphatic heterocycles. The highest BCUT2D eigenvalue weighted by Gasteiger charge is 2.38. The quantitative estimate of drug-likeness (QED) is 0.596. The Labute approximate surface area is 159 Å². The molecule has 0 saturated carbocycles. The molecule has 0 spiro atoms. The minimum absolute atomic E-state index is 0.182. The van der Waals surface area contributed by atoms with E-state index in [-0.39, 0.29) is 5.41 Å². The van der Waals surface area contributed by atoms with E-state index in [1.807, 2.05) is 0 Å². The zero-order valence-corrected chi connectivity index (χ0v) is 17.4. The Morgan fingerprint density at radius 2 is 1.96 bits per heavy atom. The molecule has 0 aliphatic carbocycles. The third kappa shape index (κ3) is 3.20. The van der Waals surface area contributed by atoms with Crippen LogP contribution in [0, 0.1) is 12.3 Å². The van der Waals surface area contributed by atoms with Crippen molar-refractivity contribution in [1.29, 1.82) is 0 Å². The molecular formula is C25H33N. The summed E-state index contributed by atoms with van der Waals surface area (Å²) in [6.45, 7) is 22.1. The van der Waals surface area contributed by atoms with Gasteiger partial charge in [-0.15, -0.1) is 0 Å². The summed E-state index contributed by atoms with van der Waals surface area (Å²) in [5, 5.41) is 0. The fraction of sp³-hybridized carbons (Fsp3) is 0.440. The van der Waals surface area contributed by atoms with Crippen LogP contribution in [-0.2, 0) is 12.8 Å². The van der Waals surface area contributed by atoms with Gasteiger partial charge < -0.3 is 4.90 Å². The standard InChI is InChI=1S/C25H33N/c1-9-10-19-13-20-14-24(25(6,7)8)26-15-22(16(2)3)18(5)12-23(26)21(20)11-17(19)4/h11-13,15,24H,2,5,9-10,14H2,1,3-4,6-8H3. The molecule has 2 aliphatic rings. The summed E-state index contributed by atoms with van der Waals surface area (Å²) in [7, 11) is 0. The van der Waals surface area contributed by atoms with E-state index in [0.29, 0.717) is 6.04 Å². The van der Waals surface area contributed by atoms with Crippen molar-refractivity contribution in [1.82, 2.24) is 4.90 Å². The third-order valence-electron chi connectivity index (χ3n) is 5.77. The number of fused-ring (bicyclic) bond motifs is 3. The molecule has 0 fully saturated rings. The number of hydrogen-bond acceptors (Lipinski definition) is 1. The highest BCUT2D eigenvalue weighted by molar-refractivity contribution is 5.77. The van der Waals surface area contributed by atoms with Crippen LogP contribution >= 0.6 is 0 Å². The lowest BCUT2D eigenvalue weighted by molar-refractivity contribution is 0.189. The summed E-state index contributed by atoms with van der Waals surface area (Å²) in [6, 6.07) is 5.29. The van der Waals surface area contributed by atoms with Gasteiger partial charge in [0.1, 0.15) is 0 Å². The maximum Gasteiger partial charge on any atom is 0.0491 e. The van der Waals surface area contributed by atoms with Gasteiger partial charge in [-0.3, -0.25) is 0 Å². The van der Waals surface area contributed by atoms with Crippen LogP contribution in [0.1, 0.15) is 63.3 Å². The molecule has 1 heteroatoms. The van der Waals surface area contributed by atoms with Gasteiger partial charge in [-0.1, -0.05) is 53.3 Å². The first-order chi connectivity index (χ1) is 12.1. The van der Waals surface area contributed by atoms with E-state index in [2.05, 4.69) is 84.0 Å². The lowest BCUT2D eigenvalue weighted by Gasteiger charge is -2.47. The molecule has 26 heavy (non-hydrogen) atoms. The van der Waals surface area contributed by atoms with Crippen molar-refractivity contribution in [3.05, 3.63) is 76.5 Å². The smallest absolute Gasteiger partial charge is 0.0491 e. The fourth-order valence-electron chi connectivity index (χ4n) is 4.25. The van der Waals surface area contributed by atoms with E-state index < -0.39 is 0 Å². The molecule has 3 rings (SSSR count). The molecule has 1 aromatic carbocycles. The Kier molecular flexibility index (Phi) is 4.77. The number of aryl methyl sites for hydroxylation is 2. The number of hydrogen-bond donors (Lipinski definition) is 0. The van der Waals surface area contributed by atoms with E-state index >= 15 is 0 Å². The molecule has 1 nitrogen and oxygen atoms in total.